The van der Waals surface area contributed by atoms with Crippen molar-refractivity contribution in [3.8, 4) is 6.01 Å². The maximum Gasteiger partial charge on any atom is 0.320 e. The first-order valence-electron chi connectivity index (χ1n) is 7.60. The fourth-order valence-corrected chi connectivity index (χ4v) is 2.75. The molecule has 2 saturated heterocycles. The Balaban J connectivity index is 1.71. The summed E-state index contributed by atoms with van der Waals surface area (Å²) in [7, 11) is 0. The Morgan fingerprint density at radius 1 is 1.14 bits per heavy atom. The molecule has 2 fully saturated rings. The maximum atomic E-state index is 5.87. The second-order valence-electron chi connectivity index (χ2n) is 5.41. The van der Waals surface area contributed by atoms with Crippen LogP contribution in [0.15, 0.2) is 18.3 Å². The monoisotopic (exact) mass is 302 g/mol. The highest BCUT2D eigenvalue weighted by atomic mass is 16.6. The van der Waals surface area contributed by atoms with Gasteiger partial charge in [0, 0.05) is 25.7 Å². The molecule has 2 aliphatic rings. The van der Waals surface area contributed by atoms with Crippen LogP contribution in [0.2, 0.25) is 0 Å². The molecule has 0 radical (unpaired) electrons. The Labute approximate surface area is 128 Å². The van der Waals surface area contributed by atoms with Gasteiger partial charge < -0.3 is 19.1 Å². The number of hydrogen-bond acceptors (Lipinski definition) is 7. The van der Waals surface area contributed by atoms with Crippen LogP contribution in [-0.2, 0) is 9.47 Å². The van der Waals surface area contributed by atoms with Crippen LogP contribution in [0.4, 0.5) is 5.82 Å². The van der Waals surface area contributed by atoms with E-state index in [-0.39, 0.29) is 6.10 Å². The van der Waals surface area contributed by atoms with Crippen molar-refractivity contribution in [1.82, 2.24) is 15.0 Å². The Bertz CT molecular complexity index is 654. The van der Waals surface area contributed by atoms with Gasteiger partial charge in [-0.15, -0.1) is 0 Å². The van der Waals surface area contributed by atoms with Gasteiger partial charge in [0.25, 0.3) is 0 Å². The molecule has 1 atom stereocenters. The molecule has 4 rings (SSSR count). The molecule has 116 valence electrons. The molecule has 2 aromatic rings. The number of fused-ring (bicyclic) bond motifs is 1. The van der Waals surface area contributed by atoms with Gasteiger partial charge in [-0.3, -0.25) is 0 Å². The first kappa shape index (κ1) is 13.7. The minimum atomic E-state index is 0.0266. The third-order valence-electron chi connectivity index (χ3n) is 3.90. The van der Waals surface area contributed by atoms with Crippen molar-refractivity contribution >= 4 is 16.9 Å². The van der Waals surface area contributed by atoms with Crippen molar-refractivity contribution in [2.24, 2.45) is 0 Å². The van der Waals surface area contributed by atoms with E-state index in [9.17, 15) is 0 Å². The summed E-state index contributed by atoms with van der Waals surface area (Å²) in [6, 6.07) is 4.28. The average molecular weight is 302 g/mol. The third kappa shape index (κ3) is 2.69. The molecule has 0 saturated carbocycles. The zero-order chi connectivity index (χ0) is 14.8. The molecule has 7 nitrogen and oxygen atoms in total. The Morgan fingerprint density at radius 3 is 2.86 bits per heavy atom. The van der Waals surface area contributed by atoms with E-state index in [1.165, 1.54) is 0 Å². The van der Waals surface area contributed by atoms with Gasteiger partial charge in [-0.2, -0.15) is 9.97 Å². The maximum absolute atomic E-state index is 5.87. The lowest BCUT2D eigenvalue weighted by molar-refractivity contribution is 0.122. The van der Waals surface area contributed by atoms with Crippen LogP contribution in [0.3, 0.4) is 0 Å². The fourth-order valence-electron chi connectivity index (χ4n) is 2.75. The predicted molar refractivity (Wildman–Crippen MR) is 80.2 cm³/mol. The summed E-state index contributed by atoms with van der Waals surface area (Å²) in [6.07, 6.45) is 2.64. The van der Waals surface area contributed by atoms with Crippen LogP contribution in [0.25, 0.3) is 11.0 Å². The molecule has 0 spiro atoms. The highest BCUT2D eigenvalue weighted by Gasteiger charge is 2.22. The lowest BCUT2D eigenvalue weighted by Gasteiger charge is -2.28. The molecule has 0 amide bonds. The van der Waals surface area contributed by atoms with Crippen molar-refractivity contribution < 1.29 is 14.2 Å². The number of nitrogens with zero attached hydrogens (tertiary/aromatic N) is 4. The van der Waals surface area contributed by atoms with Gasteiger partial charge in [0.2, 0.25) is 0 Å². The summed E-state index contributed by atoms with van der Waals surface area (Å²) < 4.78 is 16.6. The van der Waals surface area contributed by atoms with Crippen LogP contribution >= 0.6 is 0 Å². The second kappa shape index (κ2) is 6.02. The van der Waals surface area contributed by atoms with E-state index >= 15 is 0 Å². The van der Waals surface area contributed by atoms with Crippen molar-refractivity contribution in [3.05, 3.63) is 18.3 Å². The standard InChI is InChI=1S/C15H18N4O3/c1-2-12-13(16-4-1)17-15(22-11-3-7-21-10-11)18-14(12)19-5-8-20-9-6-19/h1-2,4,11H,3,5-10H2/t11-/m1/s1. The molecular formula is C15H18N4O3. The summed E-state index contributed by atoms with van der Waals surface area (Å²) in [5.74, 6) is 0.871. The number of pyridine rings is 1. The number of ether oxygens (including phenoxy) is 3. The lowest BCUT2D eigenvalue weighted by atomic mass is 10.3. The Kier molecular flexibility index (Phi) is 3.74. The highest BCUT2D eigenvalue weighted by molar-refractivity contribution is 5.87. The van der Waals surface area contributed by atoms with Gasteiger partial charge >= 0.3 is 6.01 Å². The fraction of sp³-hybridized carbons (Fsp3) is 0.533. The van der Waals surface area contributed by atoms with E-state index in [0.717, 1.165) is 37.3 Å². The van der Waals surface area contributed by atoms with Crippen molar-refractivity contribution in [3.63, 3.8) is 0 Å². The van der Waals surface area contributed by atoms with E-state index in [2.05, 4.69) is 19.9 Å². The van der Waals surface area contributed by atoms with Crippen molar-refractivity contribution in [2.45, 2.75) is 12.5 Å². The van der Waals surface area contributed by atoms with Crippen molar-refractivity contribution in [1.29, 1.82) is 0 Å². The predicted octanol–water partition coefficient (Wildman–Crippen LogP) is 1.03. The van der Waals surface area contributed by atoms with E-state index in [4.69, 9.17) is 14.2 Å². The molecule has 22 heavy (non-hydrogen) atoms. The average Bonchev–Trinajstić information content (AvgIpc) is 3.08. The molecule has 0 aliphatic carbocycles. The van der Waals surface area contributed by atoms with E-state index < -0.39 is 0 Å². The zero-order valence-electron chi connectivity index (χ0n) is 12.3. The molecule has 0 aromatic carbocycles. The van der Waals surface area contributed by atoms with Gasteiger partial charge in [0.1, 0.15) is 11.9 Å². The molecule has 7 heteroatoms. The van der Waals surface area contributed by atoms with Gasteiger partial charge in [0.05, 0.1) is 31.8 Å². The Hall–Kier alpha value is -1.99. The smallest absolute Gasteiger partial charge is 0.320 e. The van der Waals surface area contributed by atoms with Crippen LogP contribution < -0.4 is 9.64 Å². The SMILES string of the molecule is c1cnc2nc(O[C@@H]3CCOC3)nc(N3CCOCC3)c2c1. The van der Waals surface area contributed by atoms with E-state index in [1.54, 1.807) is 6.20 Å². The van der Waals surface area contributed by atoms with E-state index in [1.807, 2.05) is 12.1 Å². The summed E-state index contributed by atoms with van der Waals surface area (Å²) >= 11 is 0. The topological polar surface area (TPSA) is 69.6 Å². The molecule has 2 aromatic heterocycles. The largest absolute Gasteiger partial charge is 0.457 e. The van der Waals surface area contributed by atoms with Crippen LogP contribution in [0.5, 0.6) is 6.01 Å². The summed E-state index contributed by atoms with van der Waals surface area (Å²) in [5.41, 5.74) is 0.660. The second-order valence-corrected chi connectivity index (χ2v) is 5.41. The summed E-state index contributed by atoms with van der Waals surface area (Å²) in [6.45, 7) is 4.36. The van der Waals surface area contributed by atoms with Crippen LogP contribution in [-0.4, -0.2) is 60.6 Å². The molecule has 2 aliphatic heterocycles. The number of rotatable bonds is 3. The summed E-state index contributed by atoms with van der Waals surface area (Å²) in [4.78, 5) is 15.6. The molecule has 0 bridgehead atoms. The molecule has 0 unspecified atom stereocenters. The third-order valence-corrected chi connectivity index (χ3v) is 3.90. The number of aromatic nitrogens is 3. The molecular weight excluding hydrogens is 284 g/mol. The molecule has 4 heterocycles. The van der Waals surface area contributed by atoms with Crippen LogP contribution in [0, 0.1) is 0 Å². The number of hydrogen-bond donors (Lipinski definition) is 0. The van der Waals surface area contributed by atoms with E-state index in [0.29, 0.717) is 31.5 Å². The lowest BCUT2D eigenvalue weighted by Crippen LogP contribution is -2.37. The zero-order valence-corrected chi connectivity index (χ0v) is 12.3. The normalized spacial score (nSPS) is 22.2. The number of anilines is 1. The Morgan fingerprint density at radius 2 is 2.05 bits per heavy atom. The first-order chi connectivity index (χ1) is 10.9. The minimum Gasteiger partial charge on any atom is -0.457 e. The first-order valence-corrected chi connectivity index (χ1v) is 7.60. The molecule has 0 N–H and O–H groups in total. The van der Waals surface area contributed by atoms with Gasteiger partial charge in [-0.1, -0.05) is 0 Å². The van der Waals surface area contributed by atoms with Gasteiger partial charge in [-0.25, -0.2) is 4.98 Å². The van der Waals surface area contributed by atoms with Crippen molar-refractivity contribution in [2.75, 3.05) is 44.4 Å². The minimum absolute atomic E-state index is 0.0266. The van der Waals surface area contributed by atoms with Crippen LogP contribution in [0.1, 0.15) is 6.42 Å². The quantitative estimate of drug-likeness (QED) is 0.838. The van der Waals surface area contributed by atoms with Gasteiger partial charge in [-0.05, 0) is 12.1 Å². The number of morpholine rings is 1. The highest BCUT2D eigenvalue weighted by Crippen LogP contribution is 2.26. The summed E-state index contributed by atoms with van der Waals surface area (Å²) in [5, 5.41) is 0.944. The van der Waals surface area contributed by atoms with Gasteiger partial charge in [0.15, 0.2) is 5.65 Å².